The highest BCUT2D eigenvalue weighted by Gasteiger charge is 2.04. The van der Waals surface area contributed by atoms with Crippen molar-refractivity contribution < 1.29 is 5.11 Å². The third-order valence-corrected chi connectivity index (χ3v) is 3.12. The first-order chi connectivity index (χ1) is 7.70. The fourth-order valence-corrected chi connectivity index (χ4v) is 2.19. The Bertz CT molecular complexity index is 489. The smallest absolute Gasteiger partial charge is 0.115 e. The molecule has 2 rings (SSSR count). The third-order valence-electron chi connectivity index (χ3n) is 2.63. The Hall–Kier alpha value is -1.28. The maximum atomic E-state index is 9.27. The van der Waals surface area contributed by atoms with Crippen LogP contribution in [0.25, 0.3) is 11.1 Å². The second-order valence-corrected chi connectivity index (χ2v) is 4.62. The van der Waals surface area contributed by atoms with Gasteiger partial charge in [-0.05, 0) is 47.4 Å². The van der Waals surface area contributed by atoms with Crippen LogP contribution in [-0.2, 0) is 6.42 Å². The summed E-state index contributed by atoms with van der Waals surface area (Å²) in [6.45, 7) is 2.14. The van der Waals surface area contributed by atoms with Gasteiger partial charge in [0.2, 0.25) is 0 Å². The van der Waals surface area contributed by atoms with Crippen LogP contribution in [0.4, 0.5) is 0 Å². The van der Waals surface area contributed by atoms with E-state index in [-0.39, 0.29) is 0 Å². The molecule has 0 amide bonds. The van der Waals surface area contributed by atoms with Crippen LogP contribution in [0.5, 0.6) is 5.75 Å². The summed E-state index contributed by atoms with van der Waals surface area (Å²) in [5.74, 6) is 0.305. The molecule has 2 aromatic rings. The lowest BCUT2D eigenvalue weighted by molar-refractivity contribution is 0.475. The molecule has 0 aliphatic rings. The Labute approximate surface area is 104 Å². The molecule has 2 heteroatoms. The Morgan fingerprint density at radius 2 is 1.75 bits per heavy atom. The average Bonchev–Trinajstić information content (AvgIpc) is 2.30. The number of halogens is 1. The number of rotatable bonds is 2. The van der Waals surface area contributed by atoms with E-state index < -0.39 is 0 Å². The first-order valence-electron chi connectivity index (χ1n) is 5.28. The molecular formula is C14H13BrO. The second-order valence-electron chi connectivity index (χ2n) is 3.70. The molecule has 0 aliphatic heterocycles. The first-order valence-corrected chi connectivity index (χ1v) is 6.08. The largest absolute Gasteiger partial charge is 0.508 e. The van der Waals surface area contributed by atoms with Crippen molar-refractivity contribution in [3.8, 4) is 16.9 Å². The molecule has 0 fully saturated rings. The summed E-state index contributed by atoms with van der Waals surface area (Å²) in [4.78, 5) is 0. The van der Waals surface area contributed by atoms with Crippen molar-refractivity contribution in [1.82, 2.24) is 0 Å². The predicted octanol–water partition coefficient (Wildman–Crippen LogP) is 4.38. The molecular weight excluding hydrogens is 264 g/mol. The highest BCUT2D eigenvalue weighted by Crippen LogP contribution is 2.28. The van der Waals surface area contributed by atoms with Gasteiger partial charge in [0.05, 0.1) is 0 Å². The lowest BCUT2D eigenvalue weighted by atomic mass is 9.98. The minimum Gasteiger partial charge on any atom is -0.508 e. The third kappa shape index (κ3) is 2.27. The van der Waals surface area contributed by atoms with Gasteiger partial charge in [0.25, 0.3) is 0 Å². The van der Waals surface area contributed by atoms with Gasteiger partial charge in [0.1, 0.15) is 5.75 Å². The highest BCUT2D eigenvalue weighted by molar-refractivity contribution is 9.10. The average molecular weight is 277 g/mol. The van der Waals surface area contributed by atoms with Gasteiger partial charge in [-0.3, -0.25) is 0 Å². The maximum Gasteiger partial charge on any atom is 0.115 e. The van der Waals surface area contributed by atoms with E-state index in [4.69, 9.17) is 0 Å². The molecule has 1 N–H and O–H groups in total. The number of phenols is 1. The van der Waals surface area contributed by atoms with E-state index in [1.165, 1.54) is 11.1 Å². The molecule has 82 valence electrons. The molecule has 0 spiro atoms. The Morgan fingerprint density at radius 1 is 1.06 bits per heavy atom. The molecule has 0 heterocycles. The topological polar surface area (TPSA) is 20.2 Å². The van der Waals surface area contributed by atoms with Crippen LogP contribution in [-0.4, -0.2) is 5.11 Å². The molecule has 0 radical (unpaired) electrons. The van der Waals surface area contributed by atoms with Gasteiger partial charge in [-0.25, -0.2) is 0 Å². The van der Waals surface area contributed by atoms with E-state index in [9.17, 15) is 5.11 Å². The summed E-state index contributed by atoms with van der Waals surface area (Å²) >= 11 is 3.48. The van der Waals surface area contributed by atoms with Gasteiger partial charge >= 0.3 is 0 Å². The molecule has 0 aliphatic carbocycles. The zero-order valence-corrected chi connectivity index (χ0v) is 10.7. The van der Waals surface area contributed by atoms with Gasteiger partial charge in [-0.1, -0.05) is 41.1 Å². The van der Waals surface area contributed by atoms with Crippen LogP contribution >= 0.6 is 15.9 Å². The summed E-state index contributed by atoms with van der Waals surface area (Å²) < 4.78 is 1.10. The second kappa shape index (κ2) is 4.71. The van der Waals surface area contributed by atoms with Gasteiger partial charge in [-0.2, -0.15) is 0 Å². The van der Waals surface area contributed by atoms with Crippen molar-refractivity contribution in [3.63, 3.8) is 0 Å². The minimum atomic E-state index is 0.305. The SMILES string of the molecule is CCc1cc(Br)ccc1-c1ccc(O)cc1. The fourth-order valence-electron chi connectivity index (χ4n) is 1.78. The molecule has 0 saturated carbocycles. The van der Waals surface area contributed by atoms with Crippen LogP contribution in [0.1, 0.15) is 12.5 Å². The number of benzene rings is 2. The number of aromatic hydroxyl groups is 1. The standard InChI is InChI=1S/C14H13BrO/c1-2-10-9-12(15)5-8-14(10)11-3-6-13(16)7-4-11/h3-9,16H,2H2,1H3. The summed E-state index contributed by atoms with van der Waals surface area (Å²) in [5.41, 5.74) is 3.67. The monoisotopic (exact) mass is 276 g/mol. The summed E-state index contributed by atoms with van der Waals surface area (Å²) in [5, 5.41) is 9.27. The molecule has 1 nitrogen and oxygen atoms in total. The highest BCUT2D eigenvalue weighted by atomic mass is 79.9. The normalized spacial score (nSPS) is 10.4. The van der Waals surface area contributed by atoms with Gasteiger partial charge in [0.15, 0.2) is 0 Å². The minimum absolute atomic E-state index is 0.305. The molecule has 16 heavy (non-hydrogen) atoms. The molecule has 0 aromatic heterocycles. The molecule has 0 unspecified atom stereocenters. The first kappa shape index (κ1) is 11.2. The zero-order valence-electron chi connectivity index (χ0n) is 9.07. The van der Waals surface area contributed by atoms with Crippen LogP contribution in [0.2, 0.25) is 0 Å². The molecule has 0 bridgehead atoms. The zero-order chi connectivity index (χ0) is 11.5. The predicted molar refractivity (Wildman–Crippen MR) is 70.6 cm³/mol. The van der Waals surface area contributed by atoms with E-state index in [1.54, 1.807) is 12.1 Å². The number of aryl methyl sites for hydroxylation is 1. The van der Waals surface area contributed by atoms with Crippen molar-refractivity contribution in [1.29, 1.82) is 0 Å². The van der Waals surface area contributed by atoms with Crippen molar-refractivity contribution in [2.24, 2.45) is 0 Å². The van der Waals surface area contributed by atoms with Crippen molar-refractivity contribution >= 4 is 15.9 Å². The molecule has 0 atom stereocenters. The van der Waals surface area contributed by atoms with E-state index >= 15 is 0 Å². The number of hydrogen-bond donors (Lipinski definition) is 1. The summed E-state index contributed by atoms with van der Waals surface area (Å²) in [6, 6.07) is 13.6. The Kier molecular flexibility index (Phi) is 3.30. The Morgan fingerprint density at radius 3 is 2.38 bits per heavy atom. The van der Waals surface area contributed by atoms with Gasteiger partial charge < -0.3 is 5.11 Å². The molecule has 0 saturated heterocycles. The van der Waals surface area contributed by atoms with Crippen LogP contribution < -0.4 is 0 Å². The Balaban J connectivity index is 2.51. The fraction of sp³-hybridized carbons (Fsp3) is 0.143. The van der Waals surface area contributed by atoms with E-state index in [0.29, 0.717) is 5.75 Å². The van der Waals surface area contributed by atoms with E-state index in [0.717, 1.165) is 16.5 Å². The number of phenolic OH excluding ortho intramolecular Hbond substituents is 1. The van der Waals surface area contributed by atoms with Crippen molar-refractivity contribution in [3.05, 3.63) is 52.5 Å². The van der Waals surface area contributed by atoms with Crippen LogP contribution in [0, 0.1) is 0 Å². The lowest BCUT2D eigenvalue weighted by Gasteiger charge is -2.08. The quantitative estimate of drug-likeness (QED) is 0.863. The van der Waals surface area contributed by atoms with E-state index in [2.05, 4.69) is 35.0 Å². The van der Waals surface area contributed by atoms with Gasteiger partial charge in [-0.15, -0.1) is 0 Å². The molecule has 2 aromatic carbocycles. The van der Waals surface area contributed by atoms with Crippen LogP contribution in [0.3, 0.4) is 0 Å². The van der Waals surface area contributed by atoms with Gasteiger partial charge in [0, 0.05) is 4.47 Å². The van der Waals surface area contributed by atoms with Crippen molar-refractivity contribution in [2.75, 3.05) is 0 Å². The van der Waals surface area contributed by atoms with Crippen molar-refractivity contribution in [2.45, 2.75) is 13.3 Å². The number of hydrogen-bond acceptors (Lipinski definition) is 1. The maximum absolute atomic E-state index is 9.27. The summed E-state index contributed by atoms with van der Waals surface area (Å²) in [7, 11) is 0. The summed E-state index contributed by atoms with van der Waals surface area (Å²) in [6.07, 6.45) is 0.996. The van der Waals surface area contributed by atoms with Crippen LogP contribution in [0.15, 0.2) is 46.9 Å². The van der Waals surface area contributed by atoms with E-state index in [1.807, 2.05) is 18.2 Å². The lowest BCUT2D eigenvalue weighted by Crippen LogP contribution is -1.87.